The molecule has 0 aliphatic rings. The van der Waals surface area contributed by atoms with Crippen molar-refractivity contribution in [3.05, 3.63) is 51.5 Å². The Kier molecular flexibility index (Phi) is 3.62. The van der Waals surface area contributed by atoms with E-state index >= 15 is 0 Å². The van der Waals surface area contributed by atoms with Crippen molar-refractivity contribution in [3.63, 3.8) is 0 Å². The molecule has 3 heteroatoms. The van der Waals surface area contributed by atoms with Gasteiger partial charge in [-0.15, -0.1) is 22.9 Å². The molecule has 0 aliphatic carbocycles. The third-order valence-electron chi connectivity index (χ3n) is 2.55. The second-order valence-electron chi connectivity index (χ2n) is 3.97. The highest BCUT2D eigenvalue weighted by Gasteiger charge is 2.13. The quantitative estimate of drug-likeness (QED) is 0.742. The summed E-state index contributed by atoms with van der Waals surface area (Å²) in [5, 5.41) is 2.12. The molecule has 16 heavy (non-hydrogen) atoms. The first-order valence-corrected chi connectivity index (χ1v) is 6.58. The normalized spacial score (nSPS) is 12.7. The topological polar surface area (TPSA) is 12.9 Å². The highest BCUT2D eigenvalue weighted by Crippen LogP contribution is 2.31. The molecule has 1 atom stereocenters. The summed E-state index contributed by atoms with van der Waals surface area (Å²) < 4.78 is 0. The largest absolute Gasteiger partial charge is 0.261 e. The van der Waals surface area contributed by atoms with Gasteiger partial charge in [0.25, 0.3) is 0 Å². The molecule has 0 aliphatic heterocycles. The van der Waals surface area contributed by atoms with Gasteiger partial charge in [0.2, 0.25) is 0 Å². The maximum Gasteiger partial charge on any atom is 0.0736 e. The summed E-state index contributed by atoms with van der Waals surface area (Å²) in [5.41, 5.74) is 3.51. The van der Waals surface area contributed by atoms with Crippen LogP contribution in [0.25, 0.3) is 0 Å². The standard InChI is InChI=1S/C13H14ClNS/c1-9-3-4-11(15-8-9)7-12(14)13-10(2)5-6-16-13/h3-6,8,12H,7H2,1-2H3. The molecule has 0 N–H and O–H groups in total. The summed E-state index contributed by atoms with van der Waals surface area (Å²) in [7, 11) is 0. The molecule has 0 saturated heterocycles. The minimum absolute atomic E-state index is 0.0372. The van der Waals surface area contributed by atoms with Crippen LogP contribution in [0.5, 0.6) is 0 Å². The van der Waals surface area contributed by atoms with E-state index in [1.54, 1.807) is 11.3 Å². The maximum atomic E-state index is 6.40. The molecule has 2 aromatic rings. The van der Waals surface area contributed by atoms with Crippen molar-refractivity contribution < 1.29 is 0 Å². The van der Waals surface area contributed by atoms with E-state index in [0.717, 1.165) is 12.1 Å². The molecule has 0 bridgehead atoms. The molecule has 1 nitrogen and oxygen atoms in total. The van der Waals surface area contributed by atoms with Crippen LogP contribution in [0.1, 0.15) is 27.1 Å². The molecule has 0 aromatic carbocycles. The molecule has 0 radical (unpaired) electrons. The van der Waals surface area contributed by atoms with Crippen LogP contribution in [-0.4, -0.2) is 4.98 Å². The van der Waals surface area contributed by atoms with Crippen molar-refractivity contribution in [1.29, 1.82) is 0 Å². The summed E-state index contributed by atoms with van der Waals surface area (Å²) in [6.07, 6.45) is 2.68. The van der Waals surface area contributed by atoms with Gasteiger partial charge in [-0.2, -0.15) is 0 Å². The average Bonchev–Trinajstić information content (AvgIpc) is 2.68. The predicted octanol–water partition coefficient (Wildman–Crippen LogP) is 4.28. The smallest absolute Gasteiger partial charge is 0.0736 e. The lowest BCUT2D eigenvalue weighted by Gasteiger charge is -2.08. The zero-order valence-corrected chi connectivity index (χ0v) is 11.0. The summed E-state index contributed by atoms with van der Waals surface area (Å²) in [6, 6.07) is 6.23. The van der Waals surface area contributed by atoms with Gasteiger partial charge in [0, 0.05) is 23.2 Å². The van der Waals surface area contributed by atoms with Gasteiger partial charge >= 0.3 is 0 Å². The first-order chi connectivity index (χ1) is 7.66. The second-order valence-corrected chi connectivity index (χ2v) is 5.44. The highest BCUT2D eigenvalue weighted by atomic mass is 35.5. The first kappa shape index (κ1) is 11.6. The lowest BCUT2D eigenvalue weighted by molar-refractivity contribution is 0.888. The molecule has 2 rings (SSSR count). The number of pyridine rings is 1. The van der Waals surface area contributed by atoms with Crippen LogP contribution in [-0.2, 0) is 6.42 Å². The van der Waals surface area contributed by atoms with Crippen LogP contribution in [0, 0.1) is 13.8 Å². The van der Waals surface area contributed by atoms with Gasteiger partial charge in [0.1, 0.15) is 0 Å². The van der Waals surface area contributed by atoms with Gasteiger partial charge in [0.15, 0.2) is 0 Å². The van der Waals surface area contributed by atoms with Crippen LogP contribution in [0.3, 0.4) is 0 Å². The van der Waals surface area contributed by atoms with E-state index in [9.17, 15) is 0 Å². The van der Waals surface area contributed by atoms with E-state index in [1.807, 2.05) is 19.2 Å². The van der Waals surface area contributed by atoms with Crippen LogP contribution in [0.4, 0.5) is 0 Å². The summed E-state index contributed by atoms with van der Waals surface area (Å²) in [5.74, 6) is 0. The number of aryl methyl sites for hydroxylation is 2. The highest BCUT2D eigenvalue weighted by molar-refractivity contribution is 7.10. The van der Waals surface area contributed by atoms with Gasteiger partial charge in [-0.3, -0.25) is 4.98 Å². The Balaban J connectivity index is 2.10. The van der Waals surface area contributed by atoms with E-state index in [0.29, 0.717) is 0 Å². The van der Waals surface area contributed by atoms with Gasteiger partial charge in [-0.05, 0) is 42.5 Å². The number of hydrogen-bond donors (Lipinski definition) is 0. The summed E-state index contributed by atoms with van der Waals surface area (Å²) in [6.45, 7) is 4.14. The number of halogens is 1. The Morgan fingerprint density at radius 2 is 2.12 bits per heavy atom. The van der Waals surface area contributed by atoms with E-state index < -0.39 is 0 Å². The summed E-state index contributed by atoms with van der Waals surface area (Å²) in [4.78, 5) is 5.63. The fraction of sp³-hybridized carbons (Fsp3) is 0.308. The van der Waals surface area contributed by atoms with Crippen molar-refractivity contribution in [2.24, 2.45) is 0 Å². The van der Waals surface area contributed by atoms with Crippen molar-refractivity contribution in [3.8, 4) is 0 Å². The van der Waals surface area contributed by atoms with Crippen LogP contribution in [0.15, 0.2) is 29.8 Å². The molecule has 2 heterocycles. The van der Waals surface area contributed by atoms with E-state index in [-0.39, 0.29) is 5.38 Å². The van der Waals surface area contributed by atoms with E-state index in [4.69, 9.17) is 11.6 Å². The lowest BCUT2D eigenvalue weighted by atomic mass is 10.1. The third kappa shape index (κ3) is 2.63. The molecule has 2 aromatic heterocycles. The fourth-order valence-corrected chi connectivity index (χ4v) is 2.99. The van der Waals surface area contributed by atoms with Crippen molar-refractivity contribution in [1.82, 2.24) is 4.98 Å². The molecule has 1 unspecified atom stereocenters. The zero-order chi connectivity index (χ0) is 11.5. The number of thiophene rings is 1. The predicted molar refractivity (Wildman–Crippen MR) is 70.3 cm³/mol. The number of rotatable bonds is 3. The molecular weight excluding hydrogens is 238 g/mol. The Morgan fingerprint density at radius 1 is 1.31 bits per heavy atom. The SMILES string of the molecule is Cc1ccc(CC(Cl)c2sccc2C)nc1. The van der Waals surface area contributed by atoms with Crippen LogP contribution < -0.4 is 0 Å². The minimum Gasteiger partial charge on any atom is -0.261 e. The van der Waals surface area contributed by atoms with Crippen molar-refractivity contribution in [2.75, 3.05) is 0 Å². The van der Waals surface area contributed by atoms with Gasteiger partial charge < -0.3 is 0 Å². The lowest BCUT2D eigenvalue weighted by Crippen LogP contribution is -1.97. The molecule has 0 spiro atoms. The van der Waals surface area contributed by atoms with Crippen LogP contribution >= 0.6 is 22.9 Å². The molecule has 0 amide bonds. The Morgan fingerprint density at radius 3 is 2.69 bits per heavy atom. The van der Waals surface area contributed by atoms with Crippen molar-refractivity contribution in [2.45, 2.75) is 25.6 Å². The third-order valence-corrected chi connectivity index (χ3v) is 4.18. The van der Waals surface area contributed by atoms with E-state index in [1.165, 1.54) is 16.0 Å². The number of nitrogens with zero attached hydrogens (tertiary/aromatic N) is 1. The Labute approximate surface area is 105 Å². The second kappa shape index (κ2) is 4.98. The first-order valence-electron chi connectivity index (χ1n) is 5.26. The summed E-state index contributed by atoms with van der Waals surface area (Å²) >= 11 is 8.12. The van der Waals surface area contributed by atoms with Gasteiger partial charge in [-0.1, -0.05) is 6.07 Å². The maximum absolute atomic E-state index is 6.40. The minimum atomic E-state index is 0.0372. The molecule has 84 valence electrons. The number of alkyl halides is 1. The Bertz CT molecular complexity index is 461. The van der Waals surface area contributed by atoms with E-state index in [2.05, 4.69) is 29.4 Å². The van der Waals surface area contributed by atoms with Gasteiger partial charge in [0.05, 0.1) is 5.38 Å². The number of aromatic nitrogens is 1. The molecule has 0 saturated carbocycles. The van der Waals surface area contributed by atoms with Crippen LogP contribution in [0.2, 0.25) is 0 Å². The molecular formula is C13H14ClNS. The fourth-order valence-electron chi connectivity index (χ4n) is 1.60. The Hall–Kier alpha value is -0.860. The zero-order valence-electron chi connectivity index (χ0n) is 9.40. The molecule has 0 fully saturated rings. The monoisotopic (exact) mass is 251 g/mol. The van der Waals surface area contributed by atoms with Crippen molar-refractivity contribution >= 4 is 22.9 Å². The number of hydrogen-bond acceptors (Lipinski definition) is 2. The average molecular weight is 252 g/mol. The van der Waals surface area contributed by atoms with Gasteiger partial charge in [-0.25, -0.2) is 0 Å².